The second-order valence-corrected chi connectivity index (χ2v) is 8.21. The van der Waals surface area contributed by atoms with Crippen LogP contribution in [-0.2, 0) is 21.5 Å². The zero-order valence-corrected chi connectivity index (χ0v) is 17.2. The highest BCUT2D eigenvalue weighted by Crippen LogP contribution is 2.39. The lowest BCUT2D eigenvalue weighted by molar-refractivity contribution is -0.135. The Kier molecular flexibility index (Phi) is 4.54. The minimum Gasteiger partial charge on any atom is -0.459 e. The first-order valence-corrected chi connectivity index (χ1v) is 10.5. The van der Waals surface area contributed by atoms with E-state index in [0.29, 0.717) is 12.2 Å². The molecule has 2 aliphatic rings. The van der Waals surface area contributed by atoms with Gasteiger partial charge in [-0.1, -0.05) is 42.5 Å². The van der Waals surface area contributed by atoms with Crippen LogP contribution in [0.15, 0.2) is 59.0 Å². The van der Waals surface area contributed by atoms with Crippen LogP contribution in [0.25, 0.3) is 11.0 Å². The molecule has 158 valence electrons. The van der Waals surface area contributed by atoms with E-state index in [1.807, 2.05) is 54.6 Å². The third kappa shape index (κ3) is 3.17. The Morgan fingerprint density at radius 1 is 1.19 bits per heavy atom. The topological polar surface area (TPSA) is 91.7 Å². The molecule has 31 heavy (non-hydrogen) atoms. The summed E-state index contributed by atoms with van der Waals surface area (Å²) >= 11 is 0. The van der Waals surface area contributed by atoms with Gasteiger partial charge in [0.05, 0.1) is 6.04 Å². The van der Waals surface area contributed by atoms with Crippen molar-refractivity contribution in [2.75, 3.05) is 6.54 Å². The summed E-state index contributed by atoms with van der Waals surface area (Å²) < 4.78 is 5.80. The fourth-order valence-electron chi connectivity index (χ4n) is 4.67. The maximum absolute atomic E-state index is 13.3. The van der Waals surface area contributed by atoms with Crippen molar-refractivity contribution in [3.8, 4) is 0 Å². The molecule has 1 fully saturated rings. The van der Waals surface area contributed by atoms with Crippen molar-refractivity contribution in [2.45, 2.75) is 37.8 Å². The molecular weight excluding hydrogens is 394 g/mol. The van der Waals surface area contributed by atoms with Gasteiger partial charge in [0, 0.05) is 5.39 Å². The lowest BCUT2D eigenvalue weighted by Crippen LogP contribution is -2.47. The summed E-state index contributed by atoms with van der Waals surface area (Å²) in [5, 5.41) is 6.65. The van der Waals surface area contributed by atoms with E-state index in [0.717, 1.165) is 39.8 Å². The number of hydrogen-bond donors (Lipinski definition) is 2. The van der Waals surface area contributed by atoms with Crippen LogP contribution in [0.2, 0.25) is 0 Å². The average molecular weight is 417 g/mol. The molecule has 2 heterocycles. The number of fused-ring (bicyclic) bond motifs is 3. The smallest absolute Gasteiger partial charge is 0.325 e. The second kappa shape index (κ2) is 7.27. The van der Waals surface area contributed by atoms with E-state index in [1.165, 1.54) is 0 Å². The van der Waals surface area contributed by atoms with Gasteiger partial charge in [-0.05, 0) is 49.4 Å². The molecule has 0 bridgehead atoms. The van der Waals surface area contributed by atoms with Crippen LogP contribution in [-0.4, -0.2) is 29.3 Å². The van der Waals surface area contributed by atoms with Crippen LogP contribution >= 0.6 is 0 Å². The third-order valence-electron chi connectivity index (χ3n) is 6.20. The molecule has 2 atom stereocenters. The van der Waals surface area contributed by atoms with Crippen molar-refractivity contribution in [2.24, 2.45) is 0 Å². The van der Waals surface area contributed by atoms with Crippen molar-refractivity contribution in [1.29, 1.82) is 0 Å². The number of carbonyl (C=O) groups excluding carboxylic acids is 3. The molecule has 4 amide bonds. The summed E-state index contributed by atoms with van der Waals surface area (Å²) in [5.41, 5.74) is 1.56. The second-order valence-electron chi connectivity index (χ2n) is 8.21. The van der Waals surface area contributed by atoms with Gasteiger partial charge in [-0.2, -0.15) is 0 Å². The molecule has 3 aromatic rings. The number of nitrogens with one attached hydrogen (secondary N) is 2. The van der Waals surface area contributed by atoms with E-state index >= 15 is 0 Å². The highest BCUT2D eigenvalue weighted by molar-refractivity contribution is 6.09. The van der Waals surface area contributed by atoms with Crippen molar-refractivity contribution in [3.05, 3.63) is 71.5 Å². The van der Waals surface area contributed by atoms with Gasteiger partial charge in [-0.25, -0.2) is 4.79 Å². The van der Waals surface area contributed by atoms with Crippen LogP contribution in [0.3, 0.4) is 0 Å². The quantitative estimate of drug-likeness (QED) is 0.637. The minimum absolute atomic E-state index is 0.334. The number of hydrogen-bond acceptors (Lipinski definition) is 4. The van der Waals surface area contributed by atoms with E-state index in [1.54, 1.807) is 6.92 Å². The van der Waals surface area contributed by atoms with Crippen LogP contribution in [0.5, 0.6) is 0 Å². The lowest BCUT2D eigenvalue weighted by atomic mass is 9.76. The van der Waals surface area contributed by atoms with E-state index < -0.39 is 23.5 Å². The van der Waals surface area contributed by atoms with E-state index in [2.05, 4.69) is 10.6 Å². The number of carbonyl (C=O) groups is 3. The van der Waals surface area contributed by atoms with Crippen LogP contribution in [0, 0.1) is 0 Å². The fraction of sp³-hybridized carbons (Fsp3) is 0.292. The zero-order chi connectivity index (χ0) is 21.6. The number of aryl methyl sites for hydroxylation is 1. The van der Waals surface area contributed by atoms with Crippen molar-refractivity contribution in [3.63, 3.8) is 0 Å². The number of nitrogens with zero attached hydrogens (tertiary/aromatic N) is 1. The molecule has 2 aromatic carbocycles. The normalized spacial score (nSPS) is 21.3. The van der Waals surface area contributed by atoms with Gasteiger partial charge in [0.15, 0.2) is 0 Å². The van der Waals surface area contributed by atoms with Gasteiger partial charge in [0.25, 0.3) is 5.91 Å². The molecule has 7 nitrogen and oxygen atoms in total. The Morgan fingerprint density at radius 2 is 1.97 bits per heavy atom. The molecule has 2 N–H and O–H groups in total. The Hall–Kier alpha value is -3.61. The van der Waals surface area contributed by atoms with E-state index in [9.17, 15) is 14.4 Å². The molecule has 1 saturated heterocycles. The molecule has 0 radical (unpaired) electrons. The summed E-state index contributed by atoms with van der Waals surface area (Å²) in [6, 6.07) is 16.2. The van der Waals surface area contributed by atoms with Crippen LogP contribution in [0.4, 0.5) is 4.79 Å². The first kappa shape index (κ1) is 19.4. The van der Waals surface area contributed by atoms with E-state index in [-0.39, 0.29) is 12.5 Å². The molecule has 1 aliphatic heterocycles. The summed E-state index contributed by atoms with van der Waals surface area (Å²) in [6.07, 6.45) is 2.20. The molecule has 1 aromatic heterocycles. The Labute approximate surface area is 179 Å². The van der Waals surface area contributed by atoms with Crippen molar-refractivity contribution >= 4 is 28.8 Å². The van der Waals surface area contributed by atoms with Gasteiger partial charge >= 0.3 is 6.03 Å². The van der Waals surface area contributed by atoms with E-state index in [4.69, 9.17) is 4.42 Å². The fourth-order valence-corrected chi connectivity index (χ4v) is 4.67. The molecule has 0 unspecified atom stereocenters. The van der Waals surface area contributed by atoms with Gasteiger partial charge < -0.3 is 15.1 Å². The lowest BCUT2D eigenvalue weighted by Gasteiger charge is -2.33. The SMILES string of the molecule is C[C@H](NC(=O)CN1C(=O)N[C@]2(CCCc3ccccc32)C1=O)c1cc2ccccc2o1. The number of urea groups is 1. The van der Waals surface area contributed by atoms with Crippen molar-refractivity contribution < 1.29 is 18.8 Å². The first-order valence-electron chi connectivity index (χ1n) is 10.5. The number of amides is 4. The summed E-state index contributed by atoms with van der Waals surface area (Å²) in [5.74, 6) is -0.168. The highest BCUT2D eigenvalue weighted by atomic mass is 16.3. The zero-order valence-electron chi connectivity index (χ0n) is 17.2. The maximum atomic E-state index is 13.3. The summed E-state index contributed by atoms with van der Waals surface area (Å²) in [6.45, 7) is 1.47. The highest BCUT2D eigenvalue weighted by Gasteiger charge is 2.54. The number of rotatable bonds is 4. The monoisotopic (exact) mass is 417 g/mol. The average Bonchev–Trinajstić information content (AvgIpc) is 3.30. The molecule has 5 rings (SSSR count). The van der Waals surface area contributed by atoms with Crippen LogP contribution in [0.1, 0.15) is 42.7 Å². The largest absolute Gasteiger partial charge is 0.459 e. The van der Waals surface area contributed by atoms with Gasteiger partial charge in [-0.15, -0.1) is 0 Å². The molecule has 1 spiro atoms. The summed E-state index contributed by atoms with van der Waals surface area (Å²) in [7, 11) is 0. The molecule has 7 heteroatoms. The third-order valence-corrected chi connectivity index (χ3v) is 6.20. The maximum Gasteiger partial charge on any atom is 0.325 e. The predicted molar refractivity (Wildman–Crippen MR) is 114 cm³/mol. The van der Waals surface area contributed by atoms with Crippen LogP contribution < -0.4 is 10.6 Å². The van der Waals surface area contributed by atoms with Gasteiger partial charge in [-0.3, -0.25) is 14.5 Å². The molecule has 0 saturated carbocycles. The molecule has 1 aliphatic carbocycles. The Balaban J connectivity index is 1.32. The predicted octanol–water partition coefficient (Wildman–Crippen LogP) is 3.39. The number of benzene rings is 2. The summed E-state index contributed by atoms with van der Waals surface area (Å²) in [4.78, 5) is 39.7. The van der Waals surface area contributed by atoms with Crippen molar-refractivity contribution in [1.82, 2.24) is 15.5 Å². The van der Waals surface area contributed by atoms with Gasteiger partial charge in [0.2, 0.25) is 5.91 Å². The minimum atomic E-state index is -1.07. The van der Waals surface area contributed by atoms with Gasteiger partial charge in [0.1, 0.15) is 23.4 Å². The number of imide groups is 1. The molecular formula is C24H23N3O4. The Bertz CT molecular complexity index is 1170. The first-order chi connectivity index (χ1) is 15.0. The number of para-hydroxylation sites is 1. The Morgan fingerprint density at radius 3 is 2.81 bits per heavy atom. The number of furan rings is 1. The standard InChI is InChI=1S/C24H23N3O4/c1-15(20-13-17-8-3-5-11-19(17)31-20)25-21(28)14-27-22(29)24(26-23(27)30)12-6-9-16-7-2-4-10-18(16)24/h2-5,7-8,10-11,13,15H,6,9,12,14H2,1H3,(H,25,28)(H,26,30)/t15-,24-/m0/s1.